The lowest BCUT2D eigenvalue weighted by Gasteiger charge is -2.46. The Bertz CT molecular complexity index is 928. The Morgan fingerprint density at radius 2 is 1.97 bits per heavy atom. The van der Waals surface area contributed by atoms with Crippen molar-refractivity contribution in [2.24, 2.45) is 0 Å². The highest BCUT2D eigenvalue weighted by atomic mass is 19.1. The lowest BCUT2D eigenvalue weighted by atomic mass is 9.89. The van der Waals surface area contributed by atoms with Gasteiger partial charge in [0.05, 0.1) is 19.3 Å². The van der Waals surface area contributed by atoms with Gasteiger partial charge in [0.15, 0.2) is 0 Å². The van der Waals surface area contributed by atoms with Crippen molar-refractivity contribution in [2.45, 2.75) is 18.4 Å². The number of piperidine rings is 1. The maximum Gasteiger partial charge on any atom is 0.272 e. The molecule has 2 aliphatic rings. The SMILES string of the molecule is COc1cccc(C(=O)N2CCC3(CC2)CN(c2cccc(F)c2)C(=O)CO3)n1. The summed E-state index contributed by atoms with van der Waals surface area (Å²) in [5, 5.41) is 0. The molecule has 0 N–H and O–H groups in total. The second-order valence-electron chi connectivity index (χ2n) is 7.29. The molecule has 0 aliphatic carbocycles. The van der Waals surface area contributed by atoms with Gasteiger partial charge in [-0.1, -0.05) is 12.1 Å². The second kappa shape index (κ2) is 7.79. The lowest BCUT2D eigenvalue weighted by Crippen LogP contribution is -2.59. The van der Waals surface area contributed by atoms with Crippen LogP contribution in [0.2, 0.25) is 0 Å². The third kappa shape index (κ3) is 3.93. The van der Waals surface area contributed by atoms with Crippen LogP contribution in [0.15, 0.2) is 42.5 Å². The molecule has 1 aromatic heterocycles. The standard InChI is InChI=1S/C21H22FN3O4/c1-28-18-7-3-6-17(23-18)20(27)24-10-8-21(9-11-24)14-25(19(26)13-29-21)16-5-2-4-15(22)12-16/h2-7,12H,8-11,13-14H2,1H3. The molecule has 2 fully saturated rings. The number of aromatic nitrogens is 1. The number of rotatable bonds is 3. The third-order valence-corrected chi connectivity index (χ3v) is 5.48. The van der Waals surface area contributed by atoms with Crippen molar-refractivity contribution in [3.05, 3.63) is 54.0 Å². The number of nitrogens with zero attached hydrogens (tertiary/aromatic N) is 3. The highest BCUT2D eigenvalue weighted by Crippen LogP contribution is 2.33. The molecular weight excluding hydrogens is 377 g/mol. The number of amides is 2. The number of ether oxygens (including phenoxy) is 2. The topological polar surface area (TPSA) is 72.0 Å². The van der Waals surface area contributed by atoms with Gasteiger partial charge in [-0.25, -0.2) is 9.37 Å². The number of pyridine rings is 1. The van der Waals surface area contributed by atoms with E-state index in [0.717, 1.165) is 0 Å². The van der Waals surface area contributed by atoms with Gasteiger partial charge in [-0.3, -0.25) is 9.59 Å². The van der Waals surface area contributed by atoms with Crippen LogP contribution in [0.4, 0.5) is 10.1 Å². The van der Waals surface area contributed by atoms with Crippen LogP contribution < -0.4 is 9.64 Å². The zero-order valence-corrected chi connectivity index (χ0v) is 16.1. The van der Waals surface area contributed by atoms with Crippen LogP contribution >= 0.6 is 0 Å². The number of hydrogen-bond donors (Lipinski definition) is 0. The van der Waals surface area contributed by atoms with Gasteiger partial charge < -0.3 is 19.3 Å². The number of morpholine rings is 1. The number of carbonyl (C=O) groups excluding carboxylic acids is 2. The predicted molar refractivity (Wildman–Crippen MR) is 103 cm³/mol. The van der Waals surface area contributed by atoms with Gasteiger partial charge in [0.1, 0.15) is 18.1 Å². The van der Waals surface area contributed by atoms with Gasteiger partial charge in [0.25, 0.3) is 11.8 Å². The van der Waals surface area contributed by atoms with Crippen LogP contribution in [-0.4, -0.2) is 60.7 Å². The van der Waals surface area contributed by atoms with E-state index in [2.05, 4.69) is 4.98 Å². The molecule has 4 rings (SSSR count). The molecule has 0 radical (unpaired) electrons. The van der Waals surface area contributed by atoms with Gasteiger partial charge in [-0.15, -0.1) is 0 Å². The van der Waals surface area contributed by atoms with E-state index in [1.807, 2.05) is 0 Å². The fourth-order valence-electron chi connectivity index (χ4n) is 3.82. The number of anilines is 1. The molecule has 0 bridgehead atoms. The second-order valence-corrected chi connectivity index (χ2v) is 7.29. The van der Waals surface area contributed by atoms with Crippen LogP contribution in [0, 0.1) is 5.82 Å². The quantitative estimate of drug-likeness (QED) is 0.792. The number of benzene rings is 1. The molecule has 1 aromatic carbocycles. The van der Waals surface area contributed by atoms with Crippen LogP contribution in [0.3, 0.4) is 0 Å². The number of methoxy groups -OCH3 is 1. The first-order chi connectivity index (χ1) is 14.0. The zero-order valence-electron chi connectivity index (χ0n) is 16.1. The predicted octanol–water partition coefficient (Wildman–Crippen LogP) is 2.27. The van der Waals surface area contributed by atoms with Crippen molar-refractivity contribution in [1.29, 1.82) is 0 Å². The van der Waals surface area contributed by atoms with E-state index in [0.29, 0.717) is 49.7 Å². The smallest absolute Gasteiger partial charge is 0.272 e. The van der Waals surface area contributed by atoms with Crippen LogP contribution in [-0.2, 0) is 9.53 Å². The minimum atomic E-state index is -0.543. The Morgan fingerprint density at radius 1 is 1.21 bits per heavy atom. The van der Waals surface area contributed by atoms with Gasteiger partial charge in [0, 0.05) is 24.8 Å². The van der Waals surface area contributed by atoms with Crippen molar-refractivity contribution >= 4 is 17.5 Å². The minimum Gasteiger partial charge on any atom is -0.481 e. The fourth-order valence-corrected chi connectivity index (χ4v) is 3.82. The average molecular weight is 399 g/mol. The van der Waals surface area contributed by atoms with E-state index in [9.17, 15) is 14.0 Å². The summed E-state index contributed by atoms with van der Waals surface area (Å²) in [7, 11) is 1.51. The van der Waals surface area contributed by atoms with Crippen molar-refractivity contribution in [3.8, 4) is 5.88 Å². The first-order valence-electron chi connectivity index (χ1n) is 9.50. The summed E-state index contributed by atoms with van der Waals surface area (Å²) >= 11 is 0. The summed E-state index contributed by atoms with van der Waals surface area (Å²) in [6, 6.07) is 11.1. The van der Waals surface area contributed by atoms with E-state index in [1.165, 1.54) is 19.2 Å². The summed E-state index contributed by atoms with van der Waals surface area (Å²) < 4.78 is 24.6. The number of halogens is 1. The van der Waals surface area contributed by atoms with E-state index < -0.39 is 5.60 Å². The Balaban J connectivity index is 1.45. The largest absolute Gasteiger partial charge is 0.481 e. The lowest BCUT2D eigenvalue weighted by molar-refractivity contribution is -0.143. The van der Waals surface area contributed by atoms with Crippen molar-refractivity contribution < 1.29 is 23.5 Å². The molecule has 7 nitrogen and oxygen atoms in total. The Hall–Kier alpha value is -3.00. The van der Waals surface area contributed by atoms with Crippen LogP contribution in [0.5, 0.6) is 5.88 Å². The Morgan fingerprint density at radius 3 is 2.69 bits per heavy atom. The van der Waals surface area contributed by atoms with E-state index >= 15 is 0 Å². The zero-order chi connectivity index (χ0) is 20.4. The van der Waals surface area contributed by atoms with Crippen molar-refractivity contribution in [2.75, 3.05) is 38.3 Å². The summed E-state index contributed by atoms with van der Waals surface area (Å²) in [5.41, 5.74) is 0.317. The van der Waals surface area contributed by atoms with Crippen molar-refractivity contribution in [3.63, 3.8) is 0 Å². The average Bonchev–Trinajstić information content (AvgIpc) is 2.76. The molecule has 0 unspecified atom stereocenters. The summed E-state index contributed by atoms with van der Waals surface area (Å²) in [6.45, 7) is 1.27. The number of carbonyl (C=O) groups is 2. The number of hydrogen-bond acceptors (Lipinski definition) is 5. The van der Waals surface area contributed by atoms with Crippen LogP contribution in [0.1, 0.15) is 23.3 Å². The normalized spacial score (nSPS) is 18.8. The maximum atomic E-state index is 13.6. The highest BCUT2D eigenvalue weighted by Gasteiger charge is 2.43. The fraction of sp³-hybridized carbons (Fsp3) is 0.381. The van der Waals surface area contributed by atoms with Gasteiger partial charge in [-0.05, 0) is 37.1 Å². The first kappa shape index (κ1) is 19.3. The molecule has 2 amide bonds. The van der Waals surface area contributed by atoms with E-state index in [1.54, 1.807) is 40.1 Å². The Labute approximate surface area is 168 Å². The minimum absolute atomic E-state index is 0.0537. The molecule has 29 heavy (non-hydrogen) atoms. The van der Waals surface area contributed by atoms with Crippen molar-refractivity contribution in [1.82, 2.24) is 9.88 Å². The van der Waals surface area contributed by atoms with Gasteiger partial charge >= 0.3 is 0 Å². The molecule has 2 aromatic rings. The molecule has 152 valence electrons. The molecule has 1 spiro atoms. The molecule has 0 atom stereocenters. The summed E-state index contributed by atoms with van der Waals surface area (Å²) in [5.74, 6) is -0.348. The van der Waals surface area contributed by atoms with Gasteiger partial charge in [-0.2, -0.15) is 0 Å². The molecular formula is C21H22FN3O4. The maximum absolute atomic E-state index is 13.6. The van der Waals surface area contributed by atoms with E-state index in [-0.39, 0.29) is 24.2 Å². The summed E-state index contributed by atoms with van der Waals surface area (Å²) in [6.07, 6.45) is 1.17. The molecule has 0 saturated carbocycles. The third-order valence-electron chi connectivity index (χ3n) is 5.48. The van der Waals surface area contributed by atoms with Crippen LogP contribution in [0.25, 0.3) is 0 Å². The Kier molecular flexibility index (Phi) is 5.19. The first-order valence-corrected chi connectivity index (χ1v) is 9.50. The molecule has 3 heterocycles. The summed E-state index contributed by atoms with van der Waals surface area (Å²) in [4.78, 5) is 32.6. The number of likely N-dealkylation sites (tertiary alicyclic amines) is 1. The van der Waals surface area contributed by atoms with E-state index in [4.69, 9.17) is 9.47 Å². The molecule has 2 aliphatic heterocycles. The molecule has 2 saturated heterocycles. The highest BCUT2D eigenvalue weighted by molar-refractivity contribution is 5.95. The molecule has 8 heteroatoms. The monoisotopic (exact) mass is 399 g/mol. The van der Waals surface area contributed by atoms with Gasteiger partial charge in [0.2, 0.25) is 5.88 Å².